The number of carbonyl (C=O) groups excluding carboxylic acids is 1. The number of rotatable bonds is 2. The van der Waals surface area contributed by atoms with Gasteiger partial charge >= 0.3 is 5.97 Å². The van der Waals surface area contributed by atoms with Crippen LogP contribution >= 0.6 is 0 Å². The third-order valence-electron chi connectivity index (χ3n) is 2.78. The van der Waals surface area contributed by atoms with E-state index in [1.807, 2.05) is 28.8 Å². The predicted molar refractivity (Wildman–Crippen MR) is 65.2 cm³/mol. The molecule has 5 nitrogen and oxygen atoms in total. The fourth-order valence-electron chi connectivity index (χ4n) is 1.95. The molecule has 0 saturated carbocycles. The number of benzene rings is 1. The van der Waals surface area contributed by atoms with E-state index >= 15 is 0 Å². The summed E-state index contributed by atoms with van der Waals surface area (Å²) in [6.07, 6.45) is 3.68. The van der Waals surface area contributed by atoms with Gasteiger partial charge < -0.3 is 14.2 Å². The van der Waals surface area contributed by atoms with Crippen molar-refractivity contribution in [2.24, 2.45) is 0 Å². The van der Waals surface area contributed by atoms with E-state index in [4.69, 9.17) is 5.11 Å². The number of ether oxygens (including phenoxy) is 1. The van der Waals surface area contributed by atoms with Gasteiger partial charge in [-0.3, -0.25) is 4.98 Å². The molecule has 0 spiro atoms. The van der Waals surface area contributed by atoms with Gasteiger partial charge in [0, 0.05) is 6.20 Å². The number of nitrogens with zero attached hydrogens (tertiary/aromatic N) is 2. The first kappa shape index (κ1) is 10.7. The Morgan fingerprint density at radius 1 is 1.39 bits per heavy atom. The average molecular weight is 242 g/mol. The summed E-state index contributed by atoms with van der Waals surface area (Å²) in [6.45, 7) is -0.624. The summed E-state index contributed by atoms with van der Waals surface area (Å²) in [5.41, 5.74) is 2.98. The van der Waals surface area contributed by atoms with Crippen molar-refractivity contribution in [2.45, 2.75) is 0 Å². The highest BCUT2D eigenvalue weighted by Gasteiger charge is 2.09. The van der Waals surface area contributed by atoms with Crippen molar-refractivity contribution < 1.29 is 14.6 Å². The molecule has 1 N–H and O–H groups in total. The molecule has 1 aromatic carbocycles. The fourth-order valence-corrected chi connectivity index (χ4v) is 1.95. The van der Waals surface area contributed by atoms with Crippen LogP contribution in [0, 0.1) is 0 Å². The predicted octanol–water partition coefficient (Wildman–Crippen LogP) is 1.59. The van der Waals surface area contributed by atoms with Gasteiger partial charge in [0.25, 0.3) is 0 Å². The molecule has 2 heterocycles. The summed E-state index contributed by atoms with van der Waals surface area (Å²) in [7, 11) is 0. The number of esters is 1. The molecule has 5 heteroatoms. The van der Waals surface area contributed by atoms with Crippen LogP contribution < -0.4 is 0 Å². The van der Waals surface area contributed by atoms with Crippen LogP contribution in [0.1, 0.15) is 10.4 Å². The lowest BCUT2D eigenvalue weighted by molar-refractivity contribution is 0.00685. The summed E-state index contributed by atoms with van der Waals surface area (Å²) in [5.74, 6) is -0.561. The van der Waals surface area contributed by atoms with Crippen LogP contribution in [0.4, 0.5) is 0 Å². The second-order valence-electron chi connectivity index (χ2n) is 3.83. The van der Waals surface area contributed by atoms with Crippen LogP contribution in [0.25, 0.3) is 16.6 Å². The summed E-state index contributed by atoms with van der Waals surface area (Å²) >= 11 is 0. The molecule has 0 aliphatic carbocycles. The van der Waals surface area contributed by atoms with Crippen LogP contribution in [-0.2, 0) is 4.74 Å². The van der Waals surface area contributed by atoms with E-state index < -0.39 is 12.8 Å². The number of aromatic nitrogens is 2. The maximum absolute atomic E-state index is 11.5. The van der Waals surface area contributed by atoms with Crippen LogP contribution in [0.2, 0.25) is 0 Å². The Morgan fingerprint density at radius 3 is 3.11 bits per heavy atom. The standard InChI is InChI=1S/C13H10N2O3/c16-8-18-13(17)9-3-4-12-11(6-9)14-7-10-2-1-5-15(10)12/h1-7,16H,8H2. The highest BCUT2D eigenvalue weighted by molar-refractivity contribution is 5.93. The molecule has 0 saturated heterocycles. The van der Waals surface area contributed by atoms with E-state index in [2.05, 4.69) is 9.72 Å². The topological polar surface area (TPSA) is 63.8 Å². The molecule has 0 fully saturated rings. The Kier molecular flexibility index (Phi) is 2.46. The Balaban J connectivity index is 2.18. The molecule has 3 rings (SSSR count). The van der Waals surface area contributed by atoms with Gasteiger partial charge in [-0.25, -0.2) is 4.79 Å². The van der Waals surface area contributed by atoms with Gasteiger partial charge in [0.05, 0.1) is 28.3 Å². The smallest absolute Gasteiger partial charge is 0.340 e. The zero-order chi connectivity index (χ0) is 12.5. The van der Waals surface area contributed by atoms with Crippen molar-refractivity contribution in [1.29, 1.82) is 0 Å². The van der Waals surface area contributed by atoms with Crippen molar-refractivity contribution in [2.75, 3.05) is 6.79 Å². The minimum absolute atomic E-state index is 0.371. The average Bonchev–Trinajstić information content (AvgIpc) is 2.87. The lowest BCUT2D eigenvalue weighted by Gasteiger charge is -2.05. The summed E-state index contributed by atoms with van der Waals surface area (Å²) in [6, 6.07) is 9.00. The van der Waals surface area contributed by atoms with Crippen LogP contribution in [0.15, 0.2) is 42.7 Å². The van der Waals surface area contributed by atoms with Gasteiger partial charge in [-0.05, 0) is 30.3 Å². The van der Waals surface area contributed by atoms with Crippen molar-refractivity contribution in [3.8, 4) is 0 Å². The second kappa shape index (κ2) is 4.12. The normalized spacial score (nSPS) is 10.9. The molecule has 0 atom stereocenters. The molecule has 0 bridgehead atoms. The van der Waals surface area contributed by atoms with Crippen molar-refractivity contribution >= 4 is 22.5 Å². The Labute approximate surface area is 102 Å². The molecule has 2 aromatic heterocycles. The van der Waals surface area contributed by atoms with Crippen molar-refractivity contribution in [3.05, 3.63) is 48.3 Å². The number of carbonyl (C=O) groups is 1. The molecule has 3 aromatic rings. The van der Waals surface area contributed by atoms with Crippen LogP contribution in [-0.4, -0.2) is 27.3 Å². The minimum atomic E-state index is -0.624. The molecule has 0 radical (unpaired) electrons. The number of fused-ring (bicyclic) bond motifs is 3. The maximum Gasteiger partial charge on any atom is 0.340 e. The lowest BCUT2D eigenvalue weighted by Crippen LogP contribution is -2.06. The Bertz CT molecular complexity index is 733. The zero-order valence-corrected chi connectivity index (χ0v) is 9.41. The van der Waals surface area contributed by atoms with Crippen LogP contribution in [0.5, 0.6) is 0 Å². The molecule has 90 valence electrons. The van der Waals surface area contributed by atoms with E-state index in [1.54, 1.807) is 18.3 Å². The fraction of sp³-hybridized carbons (Fsp3) is 0.0769. The first-order valence-corrected chi connectivity index (χ1v) is 5.43. The number of aliphatic hydroxyl groups excluding tert-OH is 1. The highest BCUT2D eigenvalue weighted by atomic mass is 16.6. The SMILES string of the molecule is O=C(OCO)c1ccc2c(c1)ncc1cccn12. The van der Waals surface area contributed by atoms with E-state index in [0.29, 0.717) is 11.1 Å². The quantitative estimate of drug-likeness (QED) is 0.547. The van der Waals surface area contributed by atoms with E-state index in [9.17, 15) is 4.79 Å². The molecule has 0 unspecified atom stereocenters. The number of aliphatic hydroxyl groups is 1. The number of hydrogen-bond acceptors (Lipinski definition) is 4. The molecule has 0 aliphatic rings. The van der Waals surface area contributed by atoms with Gasteiger partial charge in [0.1, 0.15) is 0 Å². The largest absolute Gasteiger partial charge is 0.435 e. The van der Waals surface area contributed by atoms with Gasteiger partial charge in [0.2, 0.25) is 0 Å². The highest BCUT2D eigenvalue weighted by Crippen LogP contribution is 2.17. The van der Waals surface area contributed by atoms with E-state index in [0.717, 1.165) is 11.0 Å². The molecule has 18 heavy (non-hydrogen) atoms. The van der Waals surface area contributed by atoms with E-state index in [-0.39, 0.29) is 0 Å². The van der Waals surface area contributed by atoms with Gasteiger partial charge in [0.15, 0.2) is 6.79 Å². The Hall–Kier alpha value is -2.40. The number of hydrogen-bond donors (Lipinski definition) is 1. The minimum Gasteiger partial charge on any atom is -0.435 e. The van der Waals surface area contributed by atoms with Gasteiger partial charge in [-0.1, -0.05) is 0 Å². The summed E-state index contributed by atoms with van der Waals surface area (Å²) in [5, 5.41) is 8.56. The van der Waals surface area contributed by atoms with Crippen molar-refractivity contribution in [1.82, 2.24) is 9.38 Å². The van der Waals surface area contributed by atoms with Crippen LogP contribution in [0.3, 0.4) is 0 Å². The third kappa shape index (κ3) is 1.61. The second-order valence-corrected chi connectivity index (χ2v) is 3.83. The van der Waals surface area contributed by atoms with E-state index in [1.165, 1.54) is 0 Å². The maximum atomic E-state index is 11.5. The zero-order valence-electron chi connectivity index (χ0n) is 9.41. The summed E-state index contributed by atoms with van der Waals surface area (Å²) in [4.78, 5) is 15.8. The summed E-state index contributed by atoms with van der Waals surface area (Å²) < 4.78 is 6.52. The first-order valence-electron chi connectivity index (χ1n) is 5.43. The Morgan fingerprint density at radius 2 is 2.28 bits per heavy atom. The molecule has 0 amide bonds. The van der Waals surface area contributed by atoms with Crippen molar-refractivity contribution in [3.63, 3.8) is 0 Å². The molecule has 0 aliphatic heterocycles. The lowest BCUT2D eigenvalue weighted by atomic mass is 10.2. The first-order chi connectivity index (χ1) is 8.79. The monoisotopic (exact) mass is 242 g/mol. The molecular weight excluding hydrogens is 232 g/mol. The van der Waals surface area contributed by atoms with Gasteiger partial charge in [-0.2, -0.15) is 0 Å². The van der Waals surface area contributed by atoms with Gasteiger partial charge in [-0.15, -0.1) is 0 Å². The third-order valence-corrected chi connectivity index (χ3v) is 2.78. The molecular formula is C13H10N2O3.